The van der Waals surface area contributed by atoms with Crippen molar-refractivity contribution in [3.8, 4) is 0 Å². The Balaban J connectivity index is 0.00000280. The minimum Gasteiger partial charge on any atom is -0.340 e. The van der Waals surface area contributed by atoms with Gasteiger partial charge in [-0.1, -0.05) is 42.5 Å². The maximum atomic E-state index is 12.7. The highest BCUT2D eigenvalue weighted by Crippen LogP contribution is 2.04. The number of halogens is 1. The second-order valence-electron chi connectivity index (χ2n) is 6.27. The molecule has 8 heteroatoms. The summed E-state index contributed by atoms with van der Waals surface area (Å²) < 4.78 is 0.941. The number of amides is 1. The van der Waals surface area contributed by atoms with Crippen molar-refractivity contribution in [2.45, 2.75) is 13.0 Å². The van der Waals surface area contributed by atoms with Crippen LogP contribution in [-0.2, 0) is 17.8 Å². The Kier molecular flexibility index (Phi) is 7.54. The number of fused-ring (bicyclic) bond motifs is 1. The molecular formula is C20H23ClN4O3. The predicted molar refractivity (Wildman–Crippen MR) is 112 cm³/mol. The van der Waals surface area contributed by atoms with E-state index in [0.29, 0.717) is 37.0 Å². The number of para-hydroxylation sites is 1. The molecule has 3 rings (SSSR count). The Morgan fingerprint density at radius 1 is 1.00 bits per heavy atom. The van der Waals surface area contributed by atoms with Crippen LogP contribution in [0.25, 0.3) is 10.9 Å². The molecule has 1 amide bonds. The van der Waals surface area contributed by atoms with Crippen molar-refractivity contribution in [1.29, 1.82) is 0 Å². The first-order valence-corrected chi connectivity index (χ1v) is 8.84. The van der Waals surface area contributed by atoms with Crippen LogP contribution in [0.5, 0.6) is 0 Å². The minimum absolute atomic E-state index is 0. The summed E-state index contributed by atoms with van der Waals surface area (Å²) in [5, 5.41) is 0.375. The van der Waals surface area contributed by atoms with Gasteiger partial charge in [-0.25, -0.2) is 4.79 Å². The molecule has 0 fully saturated rings. The number of hydrogen-bond donors (Lipinski definition) is 2. The molecule has 0 atom stereocenters. The van der Waals surface area contributed by atoms with Crippen molar-refractivity contribution in [2.75, 3.05) is 19.6 Å². The monoisotopic (exact) mass is 402 g/mol. The SMILES string of the molecule is Cl.NCCN(CCc1ccccc1)C(=O)Cn1c(=O)[nH]c2ccccc2c1=O. The molecule has 7 nitrogen and oxygen atoms in total. The van der Waals surface area contributed by atoms with Gasteiger partial charge in [0.1, 0.15) is 6.54 Å². The van der Waals surface area contributed by atoms with Gasteiger partial charge in [0.25, 0.3) is 5.56 Å². The number of nitrogens with zero attached hydrogens (tertiary/aromatic N) is 2. The molecule has 2 aromatic carbocycles. The zero-order valence-electron chi connectivity index (χ0n) is 15.3. The maximum Gasteiger partial charge on any atom is 0.329 e. The van der Waals surface area contributed by atoms with Gasteiger partial charge in [0.15, 0.2) is 0 Å². The smallest absolute Gasteiger partial charge is 0.329 e. The third-order valence-electron chi connectivity index (χ3n) is 4.45. The number of carbonyl (C=O) groups is 1. The Labute approximate surface area is 168 Å². The lowest BCUT2D eigenvalue weighted by Crippen LogP contribution is -2.44. The first-order chi connectivity index (χ1) is 13.1. The van der Waals surface area contributed by atoms with E-state index in [4.69, 9.17) is 5.73 Å². The highest BCUT2D eigenvalue weighted by atomic mass is 35.5. The van der Waals surface area contributed by atoms with Gasteiger partial charge >= 0.3 is 5.69 Å². The molecule has 0 radical (unpaired) electrons. The summed E-state index contributed by atoms with van der Waals surface area (Å²) in [7, 11) is 0. The number of nitrogens with one attached hydrogen (secondary N) is 1. The standard InChI is InChI=1S/C20H22N4O3.ClH/c21-11-13-23(12-10-15-6-2-1-3-7-15)18(25)14-24-19(26)16-8-4-5-9-17(16)22-20(24)27;/h1-9H,10-14,21H2,(H,22,27);1H. The van der Waals surface area contributed by atoms with Crippen molar-refractivity contribution in [3.63, 3.8) is 0 Å². The van der Waals surface area contributed by atoms with E-state index in [1.54, 1.807) is 29.2 Å². The van der Waals surface area contributed by atoms with E-state index in [0.717, 1.165) is 10.1 Å². The molecule has 0 spiro atoms. The van der Waals surface area contributed by atoms with Crippen LogP contribution in [0.15, 0.2) is 64.2 Å². The zero-order chi connectivity index (χ0) is 19.2. The number of benzene rings is 2. The van der Waals surface area contributed by atoms with Crippen LogP contribution in [0.2, 0.25) is 0 Å². The molecule has 148 valence electrons. The number of nitrogens with two attached hydrogens (primary N) is 1. The van der Waals surface area contributed by atoms with Crippen LogP contribution in [0.3, 0.4) is 0 Å². The van der Waals surface area contributed by atoms with E-state index in [-0.39, 0.29) is 24.9 Å². The van der Waals surface area contributed by atoms with E-state index < -0.39 is 11.2 Å². The Hall–Kier alpha value is -2.90. The van der Waals surface area contributed by atoms with Crippen LogP contribution in [0.1, 0.15) is 5.56 Å². The second kappa shape index (κ2) is 9.87. The van der Waals surface area contributed by atoms with Gasteiger partial charge in [0.05, 0.1) is 10.9 Å². The normalized spacial score (nSPS) is 10.5. The fourth-order valence-electron chi connectivity index (χ4n) is 3.00. The van der Waals surface area contributed by atoms with Crippen molar-refractivity contribution in [3.05, 3.63) is 81.0 Å². The van der Waals surface area contributed by atoms with Crippen LogP contribution in [-0.4, -0.2) is 40.0 Å². The molecule has 1 heterocycles. The number of aromatic amines is 1. The molecule has 1 aromatic heterocycles. The summed E-state index contributed by atoms with van der Waals surface area (Å²) in [5.41, 5.74) is 6.13. The quantitative estimate of drug-likeness (QED) is 0.618. The molecule has 0 aliphatic heterocycles. The molecule has 0 unspecified atom stereocenters. The summed E-state index contributed by atoms with van der Waals surface area (Å²) in [6, 6.07) is 16.5. The van der Waals surface area contributed by atoms with Crippen LogP contribution in [0, 0.1) is 0 Å². The topological polar surface area (TPSA) is 101 Å². The maximum absolute atomic E-state index is 12.7. The molecule has 3 N–H and O–H groups in total. The molecule has 0 saturated heterocycles. The molecule has 0 bridgehead atoms. The van der Waals surface area contributed by atoms with Crippen LogP contribution < -0.4 is 17.0 Å². The molecule has 0 aliphatic carbocycles. The molecule has 3 aromatic rings. The van der Waals surface area contributed by atoms with Gasteiger partial charge < -0.3 is 15.6 Å². The predicted octanol–water partition coefficient (Wildman–Crippen LogP) is 1.14. The van der Waals surface area contributed by atoms with Crippen molar-refractivity contribution >= 4 is 29.2 Å². The fourth-order valence-corrected chi connectivity index (χ4v) is 3.00. The third-order valence-corrected chi connectivity index (χ3v) is 4.45. The van der Waals surface area contributed by atoms with Gasteiger partial charge in [-0.05, 0) is 24.1 Å². The molecule has 0 aliphatic rings. The summed E-state index contributed by atoms with van der Waals surface area (Å²) >= 11 is 0. The van der Waals surface area contributed by atoms with E-state index in [1.807, 2.05) is 30.3 Å². The molecule has 28 heavy (non-hydrogen) atoms. The van der Waals surface area contributed by atoms with Crippen molar-refractivity contribution in [2.24, 2.45) is 5.73 Å². The van der Waals surface area contributed by atoms with Crippen molar-refractivity contribution in [1.82, 2.24) is 14.5 Å². The van der Waals surface area contributed by atoms with Crippen LogP contribution in [0.4, 0.5) is 0 Å². The van der Waals surface area contributed by atoms with Crippen molar-refractivity contribution < 1.29 is 4.79 Å². The summed E-state index contributed by atoms with van der Waals surface area (Å²) in [6.45, 7) is 0.837. The summed E-state index contributed by atoms with van der Waals surface area (Å²) in [5.74, 6) is -0.306. The average Bonchev–Trinajstić information content (AvgIpc) is 2.69. The van der Waals surface area contributed by atoms with Gasteiger partial charge in [0, 0.05) is 19.6 Å². The lowest BCUT2D eigenvalue weighted by atomic mass is 10.1. The van der Waals surface area contributed by atoms with Gasteiger partial charge in [-0.15, -0.1) is 12.4 Å². The van der Waals surface area contributed by atoms with Crippen LogP contribution >= 0.6 is 12.4 Å². The average molecular weight is 403 g/mol. The number of carbonyl (C=O) groups excluding carboxylic acids is 1. The van der Waals surface area contributed by atoms with E-state index in [9.17, 15) is 14.4 Å². The summed E-state index contributed by atoms with van der Waals surface area (Å²) in [4.78, 5) is 41.8. The fraction of sp³-hybridized carbons (Fsp3) is 0.250. The lowest BCUT2D eigenvalue weighted by molar-refractivity contribution is -0.131. The first-order valence-electron chi connectivity index (χ1n) is 8.84. The van der Waals surface area contributed by atoms with Gasteiger partial charge in [-0.2, -0.15) is 0 Å². The first kappa shape index (κ1) is 21.4. The Morgan fingerprint density at radius 2 is 1.68 bits per heavy atom. The number of aromatic nitrogens is 2. The largest absolute Gasteiger partial charge is 0.340 e. The summed E-state index contributed by atoms with van der Waals surface area (Å²) in [6.07, 6.45) is 0.676. The minimum atomic E-state index is -0.595. The van der Waals surface area contributed by atoms with E-state index in [1.165, 1.54) is 0 Å². The Bertz CT molecular complexity index is 1050. The second-order valence-corrected chi connectivity index (χ2v) is 6.27. The molecule has 0 saturated carbocycles. The molecular weight excluding hydrogens is 380 g/mol. The lowest BCUT2D eigenvalue weighted by Gasteiger charge is -2.22. The van der Waals surface area contributed by atoms with E-state index in [2.05, 4.69) is 4.98 Å². The van der Waals surface area contributed by atoms with E-state index >= 15 is 0 Å². The Morgan fingerprint density at radius 3 is 2.39 bits per heavy atom. The third kappa shape index (κ3) is 4.88. The van der Waals surface area contributed by atoms with Gasteiger partial charge in [0.2, 0.25) is 5.91 Å². The highest BCUT2D eigenvalue weighted by Gasteiger charge is 2.16. The zero-order valence-corrected chi connectivity index (χ0v) is 16.2. The highest BCUT2D eigenvalue weighted by molar-refractivity contribution is 5.85. The van der Waals surface area contributed by atoms with Gasteiger partial charge in [-0.3, -0.25) is 14.2 Å². The number of hydrogen-bond acceptors (Lipinski definition) is 4. The number of H-pyrrole nitrogens is 1. The number of rotatable bonds is 7.